The Hall–Kier alpha value is -2.54. The van der Waals surface area contributed by atoms with Gasteiger partial charge < -0.3 is 8.92 Å². The average Bonchev–Trinajstić information content (AvgIpc) is 2.47. The molecule has 0 N–H and O–H groups in total. The minimum atomic E-state index is -4.41. The van der Waals surface area contributed by atoms with Crippen LogP contribution < -0.4 is 8.49 Å². The Kier molecular flexibility index (Phi) is 5.23. The smallest absolute Gasteiger partial charge is 0.431 e. The second kappa shape index (κ2) is 7.15. The highest BCUT2D eigenvalue weighted by Crippen LogP contribution is 2.22. The second-order valence-electron chi connectivity index (χ2n) is 4.89. The molecule has 2 aromatic rings. The van der Waals surface area contributed by atoms with Crippen molar-refractivity contribution in [2.75, 3.05) is 4.31 Å². The van der Waals surface area contributed by atoms with Crippen molar-refractivity contribution in [3.8, 4) is 5.75 Å². The third-order valence-electron chi connectivity index (χ3n) is 2.66. The van der Waals surface area contributed by atoms with E-state index in [2.05, 4.69) is 0 Å². The van der Waals surface area contributed by atoms with Crippen LogP contribution in [-0.2, 0) is 15.0 Å². The molecule has 0 bridgehead atoms. The van der Waals surface area contributed by atoms with Gasteiger partial charge in [0, 0.05) is 0 Å². The summed E-state index contributed by atoms with van der Waals surface area (Å²) in [4.78, 5) is 12.2. The molecule has 0 fully saturated rings. The molecule has 2 aromatic carbocycles. The van der Waals surface area contributed by atoms with E-state index in [9.17, 15) is 13.2 Å². The zero-order chi connectivity index (χ0) is 16.9. The zero-order valence-corrected chi connectivity index (χ0v) is 13.6. The maximum Gasteiger partial charge on any atom is 0.431 e. The van der Waals surface area contributed by atoms with Gasteiger partial charge in [0.1, 0.15) is 5.75 Å². The van der Waals surface area contributed by atoms with Gasteiger partial charge in [-0.1, -0.05) is 36.4 Å². The molecule has 0 atom stereocenters. The first-order valence-electron chi connectivity index (χ1n) is 6.95. The third kappa shape index (κ3) is 4.46. The maximum absolute atomic E-state index is 12.5. The van der Waals surface area contributed by atoms with Gasteiger partial charge in [-0.2, -0.15) is 8.42 Å². The molecule has 7 heteroatoms. The number of nitrogens with zero attached hydrogens (tertiary/aromatic N) is 1. The third-order valence-corrected chi connectivity index (χ3v) is 3.87. The first-order chi connectivity index (χ1) is 10.9. The van der Waals surface area contributed by atoms with Gasteiger partial charge in [-0.3, -0.25) is 0 Å². The molecule has 0 saturated heterocycles. The van der Waals surface area contributed by atoms with Gasteiger partial charge in [0.05, 0.1) is 11.8 Å². The molecular formula is C16H17NO5S. The molecule has 1 amide bonds. The monoisotopic (exact) mass is 335 g/mol. The highest BCUT2D eigenvalue weighted by molar-refractivity contribution is 7.89. The first-order valence-corrected chi connectivity index (χ1v) is 8.32. The molecule has 0 aromatic heterocycles. The summed E-state index contributed by atoms with van der Waals surface area (Å²) in [5.41, 5.74) is 0.133. The fourth-order valence-corrected chi connectivity index (χ4v) is 2.81. The SMILES string of the molecule is CC(C)OC(=O)N(c1ccccc1)S(=O)(=O)Oc1ccccc1. The molecule has 23 heavy (non-hydrogen) atoms. The zero-order valence-electron chi connectivity index (χ0n) is 12.7. The molecule has 0 aliphatic heterocycles. The molecule has 0 heterocycles. The van der Waals surface area contributed by atoms with Crippen LogP contribution in [0, 0.1) is 0 Å². The summed E-state index contributed by atoms with van der Waals surface area (Å²) in [5.74, 6) is 0.103. The van der Waals surface area contributed by atoms with Crippen molar-refractivity contribution in [1.82, 2.24) is 0 Å². The van der Waals surface area contributed by atoms with Crippen LogP contribution in [-0.4, -0.2) is 20.6 Å². The minimum Gasteiger partial charge on any atom is -0.446 e. The van der Waals surface area contributed by atoms with Crippen molar-refractivity contribution in [2.24, 2.45) is 0 Å². The van der Waals surface area contributed by atoms with E-state index < -0.39 is 22.5 Å². The van der Waals surface area contributed by atoms with E-state index in [0.717, 1.165) is 0 Å². The number of hydrogen-bond donors (Lipinski definition) is 0. The fraction of sp³-hybridized carbons (Fsp3) is 0.188. The van der Waals surface area contributed by atoms with Crippen LogP contribution in [0.3, 0.4) is 0 Å². The Morgan fingerprint density at radius 1 is 0.957 bits per heavy atom. The van der Waals surface area contributed by atoms with Crippen LogP contribution in [0.15, 0.2) is 60.7 Å². The van der Waals surface area contributed by atoms with Gasteiger partial charge in [0.2, 0.25) is 0 Å². The maximum atomic E-state index is 12.5. The van der Waals surface area contributed by atoms with Crippen molar-refractivity contribution in [3.63, 3.8) is 0 Å². The van der Waals surface area contributed by atoms with E-state index >= 15 is 0 Å². The lowest BCUT2D eigenvalue weighted by atomic mass is 10.3. The summed E-state index contributed by atoms with van der Waals surface area (Å²) in [7, 11) is -4.41. The molecule has 0 saturated carbocycles. The van der Waals surface area contributed by atoms with E-state index in [1.54, 1.807) is 50.2 Å². The molecule has 0 aliphatic carbocycles. The van der Waals surface area contributed by atoms with Crippen LogP contribution in [0.2, 0.25) is 0 Å². The van der Waals surface area contributed by atoms with Crippen molar-refractivity contribution in [2.45, 2.75) is 20.0 Å². The van der Waals surface area contributed by atoms with Crippen molar-refractivity contribution in [1.29, 1.82) is 0 Å². The minimum absolute atomic E-state index is 0.103. The number of para-hydroxylation sites is 2. The van der Waals surface area contributed by atoms with Crippen LogP contribution in [0.1, 0.15) is 13.8 Å². The van der Waals surface area contributed by atoms with Crippen molar-refractivity contribution < 1.29 is 22.1 Å². The molecule has 6 nitrogen and oxygen atoms in total. The topological polar surface area (TPSA) is 72.9 Å². The lowest BCUT2D eigenvalue weighted by Gasteiger charge is -2.22. The van der Waals surface area contributed by atoms with Gasteiger partial charge in [-0.05, 0) is 38.1 Å². The van der Waals surface area contributed by atoms with Crippen LogP contribution >= 0.6 is 0 Å². The first kappa shape index (κ1) is 16.8. The number of anilines is 1. The number of amides is 1. The van der Waals surface area contributed by atoms with Gasteiger partial charge in [-0.15, -0.1) is 4.31 Å². The largest absolute Gasteiger partial charge is 0.446 e. The van der Waals surface area contributed by atoms with Gasteiger partial charge >= 0.3 is 16.4 Å². The summed E-state index contributed by atoms with van der Waals surface area (Å²) < 4.78 is 35.6. The number of ether oxygens (including phenoxy) is 1. The van der Waals surface area contributed by atoms with Crippen LogP contribution in [0.4, 0.5) is 10.5 Å². The molecule has 0 radical (unpaired) electrons. The fourth-order valence-electron chi connectivity index (χ4n) is 1.77. The number of carbonyl (C=O) groups excluding carboxylic acids is 1. The number of benzene rings is 2. The Labute approximate surface area is 135 Å². The molecule has 0 aliphatic rings. The molecule has 2 rings (SSSR count). The van der Waals surface area contributed by atoms with E-state index in [-0.39, 0.29) is 11.4 Å². The van der Waals surface area contributed by atoms with Gasteiger partial charge in [0.25, 0.3) is 0 Å². The lowest BCUT2D eigenvalue weighted by Crippen LogP contribution is -2.41. The van der Waals surface area contributed by atoms with Gasteiger partial charge in [0.15, 0.2) is 0 Å². The van der Waals surface area contributed by atoms with Crippen LogP contribution in [0.5, 0.6) is 5.75 Å². The lowest BCUT2D eigenvalue weighted by molar-refractivity contribution is 0.126. The van der Waals surface area contributed by atoms with E-state index in [0.29, 0.717) is 4.31 Å². The van der Waals surface area contributed by atoms with Crippen molar-refractivity contribution in [3.05, 3.63) is 60.7 Å². The summed E-state index contributed by atoms with van der Waals surface area (Å²) in [5, 5.41) is 0. The Balaban J connectivity index is 2.38. The second-order valence-corrected chi connectivity index (χ2v) is 6.27. The van der Waals surface area contributed by atoms with Crippen molar-refractivity contribution >= 4 is 22.1 Å². The molecule has 0 unspecified atom stereocenters. The molecule has 0 spiro atoms. The highest BCUT2D eigenvalue weighted by Gasteiger charge is 2.33. The quantitative estimate of drug-likeness (QED) is 0.837. The highest BCUT2D eigenvalue weighted by atomic mass is 32.2. The Morgan fingerprint density at radius 3 is 2.00 bits per heavy atom. The van der Waals surface area contributed by atoms with E-state index in [4.69, 9.17) is 8.92 Å². The Morgan fingerprint density at radius 2 is 1.48 bits per heavy atom. The predicted octanol–water partition coefficient (Wildman–Crippen LogP) is 3.36. The number of hydrogen-bond acceptors (Lipinski definition) is 5. The summed E-state index contributed by atoms with van der Waals surface area (Å²) in [6, 6.07) is 15.8. The summed E-state index contributed by atoms with van der Waals surface area (Å²) in [6.07, 6.45) is -1.50. The normalized spacial score (nSPS) is 11.1. The predicted molar refractivity (Wildman–Crippen MR) is 86.5 cm³/mol. The molecular weight excluding hydrogens is 318 g/mol. The summed E-state index contributed by atoms with van der Waals surface area (Å²) in [6.45, 7) is 3.26. The average molecular weight is 335 g/mol. The van der Waals surface area contributed by atoms with Gasteiger partial charge in [-0.25, -0.2) is 4.79 Å². The Bertz CT molecular complexity index is 745. The standard InChI is InChI=1S/C16H17NO5S/c1-13(2)21-16(18)17(14-9-5-3-6-10-14)23(19,20)22-15-11-7-4-8-12-15/h3-13H,1-2H3. The number of carbonyl (C=O) groups is 1. The summed E-state index contributed by atoms with van der Waals surface area (Å²) >= 11 is 0. The van der Waals surface area contributed by atoms with E-state index in [1.807, 2.05) is 0 Å². The molecule has 122 valence electrons. The van der Waals surface area contributed by atoms with E-state index in [1.165, 1.54) is 24.3 Å². The van der Waals surface area contributed by atoms with Crippen LogP contribution in [0.25, 0.3) is 0 Å². The number of rotatable bonds is 5.